The number of nitrogens with zero attached hydrogens (tertiary/aromatic N) is 1. The first-order valence-corrected chi connectivity index (χ1v) is 10.3. The van der Waals surface area contributed by atoms with E-state index in [1.54, 1.807) is 24.4 Å². The lowest BCUT2D eigenvalue weighted by Gasteiger charge is -2.20. The van der Waals surface area contributed by atoms with Gasteiger partial charge in [-0.25, -0.2) is 4.79 Å². The normalized spacial score (nSPS) is 12.7. The molecule has 1 aliphatic heterocycles. The minimum absolute atomic E-state index is 0.300. The van der Waals surface area contributed by atoms with Crippen molar-refractivity contribution in [3.63, 3.8) is 0 Å². The summed E-state index contributed by atoms with van der Waals surface area (Å²) in [5.74, 6) is 2.40. The van der Waals surface area contributed by atoms with Gasteiger partial charge in [0, 0.05) is 17.3 Å². The van der Waals surface area contributed by atoms with Crippen LogP contribution in [0.3, 0.4) is 0 Å². The van der Waals surface area contributed by atoms with E-state index in [2.05, 4.69) is 35.3 Å². The summed E-state index contributed by atoms with van der Waals surface area (Å²) in [7, 11) is 0. The number of benzene rings is 4. The second kappa shape index (κ2) is 8.38. The van der Waals surface area contributed by atoms with Crippen LogP contribution in [0.5, 0.6) is 5.75 Å². The minimum atomic E-state index is -0.667. The lowest BCUT2D eigenvalue weighted by molar-refractivity contribution is -0.241. The van der Waals surface area contributed by atoms with E-state index in [0.29, 0.717) is 5.56 Å². The largest absolute Gasteiger partial charge is 0.864 e. The standard InChI is InChI=1S/C28H19NO3/c30-18-26(31)21-8-3-5-19(15-21)17-29-23-12-14-27-22(16-23)11-13-28(32-27)25-10-4-7-20-6-1-2-9-24(20)25/h1-10,12-17,31H,11H2/p-1. The van der Waals surface area contributed by atoms with Crippen molar-refractivity contribution in [2.75, 3.05) is 0 Å². The summed E-state index contributed by atoms with van der Waals surface area (Å²) in [4.78, 5) is 15.1. The first kappa shape index (κ1) is 19.6. The Morgan fingerprint density at radius 2 is 1.81 bits per heavy atom. The average Bonchev–Trinajstić information content (AvgIpc) is 2.86. The molecule has 0 N–H and O–H groups in total. The predicted octanol–water partition coefficient (Wildman–Crippen LogP) is 5.10. The molecule has 154 valence electrons. The topological polar surface area (TPSA) is 61.7 Å². The van der Waals surface area contributed by atoms with E-state index in [0.717, 1.165) is 40.3 Å². The van der Waals surface area contributed by atoms with Crippen molar-refractivity contribution in [3.8, 4) is 5.75 Å². The van der Waals surface area contributed by atoms with Crippen LogP contribution in [0.15, 0.2) is 96.0 Å². The van der Waals surface area contributed by atoms with Gasteiger partial charge < -0.3 is 9.84 Å². The smallest absolute Gasteiger partial charge is 0.131 e. The average molecular weight is 416 g/mol. The Hall–Kier alpha value is -4.40. The SMILES string of the molecule is O=C=C([O-])c1cccc(C=Nc2ccc3c(c2)CC=C(c2cccc4ccccc24)O3)c1. The highest BCUT2D eigenvalue weighted by molar-refractivity contribution is 5.93. The van der Waals surface area contributed by atoms with Crippen molar-refractivity contribution in [3.05, 3.63) is 113 Å². The third-order valence-electron chi connectivity index (χ3n) is 5.43. The number of allylic oxidation sites excluding steroid dienone is 1. The van der Waals surface area contributed by atoms with Crippen LogP contribution < -0.4 is 9.84 Å². The number of rotatable bonds is 4. The monoisotopic (exact) mass is 416 g/mol. The molecule has 0 saturated heterocycles. The molecule has 0 spiro atoms. The van der Waals surface area contributed by atoms with Crippen LogP contribution in [0.25, 0.3) is 22.3 Å². The van der Waals surface area contributed by atoms with E-state index in [9.17, 15) is 9.90 Å². The quantitative estimate of drug-likeness (QED) is 0.264. The van der Waals surface area contributed by atoms with Crippen molar-refractivity contribution >= 4 is 40.1 Å². The zero-order valence-corrected chi connectivity index (χ0v) is 17.1. The summed E-state index contributed by atoms with van der Waals surface area (Å²) < 4.78 is 6.23. The predicted molar refractivity (Wildman–Crippen MR) is 125 cm³/mol. The summed E-state index contributed by atoms with van der Waals surface area (Å²) in [6.45, 7) is 0. The second-order valence-electron chi connectivity index (χ2n) is 7.51. The van der Waals surface area contributed by atoms with Gasteiger partial charge in [-0.1, -0.05) is 60.7 Å². The van der Waals surface area contributed by atoms with E-state index in [-0.39, 0.29) is 0 Å². The molecule has 4 aromatic carbocycles. The number of aliphatic imine (C=N–C) groups is 1. The number of hydrogen-bond donors (Lipinski definition) is 0. The van der Waals surface area contributed by atoms with Gasteiger partial charge in [-0.2, -0.15) is 0 Å². The Kier molecular flexibility index (Phi) is 5.12. The maximum atomic E-state index is 11.5. The highest BCUT2D eigenvalue weighted by Gasteiger charge is 2.16. The number of hydrogen-bond acceptors (Lipinski definition) is 4. The summed E-state index contributed by atoms with van der Waals surface area (Å²) in [5.41, 5.74) is 3.96. The molecule has 4 aromatic rings. The molecule has 0 fully saturated rings. The fraction of sp³-hybridized carbons (Fsp3) is 0.0357. The number of carbonyl (C=O) groups excluding carboxylic acids is 1. The van der Waals surface area contributed by atoms with Crippen LogP contribution in [0.1, 0.15) is 22.3 Å². The molecule has 32 heavy (non-hydrogen) atoms. The molecular formula is C28H18NO3-. The van der Waals surface area contributed by atoms with Gasteiger partial charge in [0.25, 0.3) is 0 Å². The molecule has 0 saturated carbocycles. The van der Waals surface area contributed by atoms with Crippen LogP contribution in [-0.4, -0.2) is 12.2 Å². The molecule has 0 aliphatic carbocycles. The Bertz CT molecular complexity index is 1440. The van der Waals surface area contributed by atoms with E-state index >= 15 is 0 Å². The molecule has 0 bridgehead atoms. The lowest BCUT2D eigenvalue weighted by Crippen LogP contribution is -2.04. The second-order valence-corrected chi connectivity index (χ2v) is 7.51. The van der Waals surface area contributed by atoms with Crippen molar-refractivity contribution in [2.45, 2.75) is 6.42 Å². The Labute approximate surface area is 185 Å². The van der Waals surface area contributed by atoms with Gasteiger partial charge in [-0.05, 0) is 64.4 Å². The van der Waals surface area contributed by atoms with Crippen LogP contribution in [0.2, 0.25) is 0 Å². The molecule has 1 aliphatic rings. The zero-order valence-electron chi connectivity index (χ0n) is 17.1. The van der Waals surface area contributed by atoms with Crippen LogP contribution in [0, 0.1) is 0 Å². The van der Waals surface area contributed by atoms with Crippen LogP contribution in [-0.2, 0) is 11.2 Å². The van der Waals surface area contributed by atoms with Gasteiger partial charge in [-0.15, -0.1) is 0 Å². The van der Waals surface area contributed by atoms with Gasteiger partial charge in [0.05, 0.1) is 5.69 Å². The van der Waals surface area contributed by atoms with Crippen LogP contribution >= 0.6 is 0 Å². The van der Waals surface area contributed by atoms with E-state index in [4.69, 9.17) is 4.74 Å². The van der Waals surface area contributed by atoms with Gasteiger partial charge in [0.1, 0.15) is 17.5 Å². The van der Waals surface area contributed by atoms with Gasteiger partial charge >= 0.3 is 0 Å². The van der Waals surface area contributed by atoms with Crippen LogP contribution in [0.4, 0.5) is 5.69 Å². The lowest BCUT2D eigenvalue weighted by atomic mass is 10.00. The zero-order chi connectivity index (χ0) is 21.9. The molecular weight excluding hydrogens is 398 g/mol. The third kappa shape index (κ3) is 3.83. The summed E-state index contributed by atoms with van der Waals surface area (Å²) in [6.07, 6.45) is 4.52. The third-order valence-corrected chi connectivity index (χ3v) is 5.43. The Balaban J connectivity index is 1.39. The first-order valence-electron chi connectivity index (χ1n) is 10.3. The molecule has 0 unspecified atom stereocenters. The van der Waals surface area contributed by atoms with Gasteiger partial charge in [-0.3, -0.25) is 4.99 Å². The van der Waals surface area contributed by atoms with E-state index < -0.39 is 5.76 Å². The molecule has 0 atom stereocenters. The first-order chi connectivity index (χ1) is 15.7. The van der Waals surface area contributed by atoms with Crippen molar-refractivity contribution in [2.24, 2.45) is 4.99 Å². The van der Waals surface area contributed by atoms with Crippen molar-refractivity contribution in [1.29, 1.82) is 0 Å². The maximum Gasteiger partial charge on any atom is 0.131 e. The molecule has 1 heterocycles. The molecule has 0 radical (unpaired) electrons. The molecule has 5 rings (SSSR count). The summed E-state index contributed by atoms with van der Waals surface area (Å²) in [5, 5.41) is 13.9. The molecule has 4 nitrogen and oxygen atoms in total. The fourth-order valence-electron chi connectivity index (χ4n) is 3.84. The minimum Gasteiger partial charge on any atom is -0.864 e. The Morgan fingerprint density at radius 3 is 2.72 bits per heavy atom. The highest BCUT2D eigenvalue weighted by atomic mass is 16.5. The summed E-state index contributed by atoms with van der Waals surface area (Å²) >= 11 is 0. The van der Waals surface area contributed by atoms with E-state index in [1.165, 1.54) is 16.7 Å². The van der Waals surface area contributed by atoms with Gasteiger partial charge in [0.15, 0.2) is 0 Å². The number of ether oxygens (including phenoxy) is 1. The Morgan fingerprint density at radius 1 is 0.969 bits per heavy atom. The summed E-state index contributed by atoms with van der Waals surface area (Å²) in [6, 6.07) is 27.1. The molecule has 0 amide bonds. The fourth-order valence-corrected chi connectivity index (χ4v) is 3.84. The number of fused-ring (bicyclic) bond motifs is 2. The maximum absolute atomic E-state index is 11.5. The van der Waals surface area contributed by atoms with E-state index in [1.807, 2.05) is 42.5 Å². The highest BCUT2D eigenvalue weighted by Crippen LogP contribution is 2.35. The van der Waals surface area contributed by atoms with Crippen molar-refractivity contribution in [1.82, 2.24) is 0 Å². The molecule has 4 heteroatoms. The molecule has 0 aromatic heterocycles. The van der Waals surface area contributed by atoms with Crippen molar-refractivity contribution < 1.29 is 14.6 Å². The van der Waals surface area contributed by atoms with Gasteiger partial charge in [0.2, 0.25) is 0 Å².